The van der Waals surface area contributed by atoms with Crippen LogP contribution >= 0.6 is 0 Å². The van der Waals surface area contributed by atoms with Gasteiger partial charge in [0.1, 0.15) is 0 Å². The van der Waals surface area contributed by atoms with Crippen molar-refractivity contribution in [2.75, 3.05) is 13.2 Å². The number of carboxylic acid groups (broad SMARTS) is 1. The van der Waals surface area contributed by atoms with E-state index in [2.05, 4.69) is 0 Å². The van der Waals surface area contributed by atoms with Crippen LogP contribution in [0.2, 0.25) is 0 Å². The van der Waals surface area contributed by atoms with E-state index in [0.29, 0.717) is 12.0 Å². The highest BCUT2D eigenvalue weighted by Crippen LogP contribution is 2.35. The van der Waals surface area contributed by atoms with Crippen LogP contribution in [0.3, 0.4) is 0 Å². The third kappa shape index (κ3) is 6.37. The number of carboxylic acids is 1. The van der Waals surface area contributed by atoms with Gasteiger partial charge in [0.05, 0.1) is 12.0 Å². The zero-order chi connectivity index (χ0) is 19.8. The van der Waals surface area contributed by atoms with Crippen molar-refractivity contribution in [2.45, 2.75) is 57.3 Å². The number of esters is 1. The highest BCUT2D eigenvalue weighted by Gasteiger charge is 2.39. The number of aliphatic hydroxyl groups is 1. The molecule has 0 aliphatic heterocycles. The molecule has 0 spiro atoms. The summed E-state index contributed by atoms with van der Waals surface area (Å²) in [6.45, 7) is 2.76. The smallest absolute Gasteiger partial charge is 0.313 e. The Morgan fingerprint density at radius 1 is 1.19 bits per heavy atom. The molecular formula is C19H26F2O5. The molecule has 0 heterocycles. The minimum absolute atomic E-state index is 0.162. The quantitative estimate of drug-likeness (QED) is 0.582. The van der Waals surface area contributed by atoms with Gasteiger partial charge in [0.25, 0.3) is 0 Å². The lowest BCUT2D eigenvalue weighted by molar-refractivity contribution is -0.144. The predicted molar refractivity (Wildman–Crippen MR) is 92.3 cm³/mol. The number of carbonyl (C=O) groups excluding carboxylic acids is 1. The normalized spacial score (nSPS) is 13.9. The molecule has 0 radical (unpaired) electrons. The van der Waals surface area contributed by atoms with Crippen LogP contribution in [0.1, 0.15) is 50.7 Å². The third-order valence-corrected chi connectivity index (χ3v) is 4.43. The molecule has 0 amide bonds. The van der Waals surface area contributed by atoms with E-state index in [9.17, 15) is 23.5 Å². The Kier molecular flexibility index (Phi) is 8.14. The topological polar surface area (TPSA) is 83.8 Å². The Labute approximate surface area is 152 Å². The van der Waals surface area contributed by atoms with Crippen molar-refractivity contribution in [3.05, 3.63) is 35.4 Å². The second kappa shape index (κ2) is 9.62. The number of carbonyl (C=O) groups is 2. The summed E-state index contributed by atoms with van der Waals surface area (Å²) in [4.78, 5) is 23.3. The monoisotopic (exact) mass is 372 g/mol. The second-order valence-corrected chi connectivity index (χ2v) is 6.47. The first-order chi connectivity index (χ1) is 12.1. The van der Waals surface area contributed by atoms with Gasteiger partial charge in [-0.3, -0.25) is 9.59 Å². The summed E-state index contributed by atoms with van der Waals surface area (Å²) in [6.07, 6.45) is -1.05. The highest BCUT2D eigenvalue weighted by atomic mass is 19.3. The highest BCUT2D eigenvalue weighted by molar-refractivity contribution is 5.81. The average Bonchev–Trinajstić information content (AvgIpc) is 2.58. The maximum absolute atomic E-state index is 13.7. The van der Waals surface area contributed by atoms with Crippen molar-refractivity contribution in [3.8, 4) is 0 Å². The Balaban J connectivity index is 2.93. The van der Waals surface area contributed by atoms with Gasteiger partial charge < -0.3 is 14.9 Å². The van der Waals surface area contributed by atoms with Gasteiger partial charge in [-0.25, -0.2) is 8.78 Å². The van der Waals surface area contributed by atoms with Crippen molar-refractivity contribution in [1.29, 1.82) is 0 Å². The van der Waals surface area contributed by atoms with Gasteiger partial charge in [-0.05, 0) is 37.8 Å². The first kappa shape index (κ1) is 22.0. The fourth-order valence-electron chi connectivity index (χ4n) is 2.65. The summed E-state index contributed by atoms with van der Waals surface area (Å²) in [5, 5.41) is 18.3. The molecule has 1 atom stereocenters. The predicted octanol–water partition coefficient (Wildman–Crippen LogP) is 3.32. The molecule has 0 bridgehead atoms. The molecule has 2 N–H and O–H groups in total. The van der Waals surface area contributed by atoms with Gasteiger partial charge in [0.15, 0.2) is 0 Å². The molecule has 5 nitrogen and oxygen atoms in total. The van der Waals surface area contributed by atoms with Crippen LogP contribution in [-0.2, 0) is 26.2 Å². The van der Waals surface area contributed by atoms with Gasteiger partial charge in [-0.1, -0.05) is 24.3 Å². The van der Waals surface area contributed by atoms with E-state index in [0.717, 1.165) is 5.56 Å². The number of rotatable bonds is 11. The molecule has 1 unspecified atom stereocenters. The van der Waals surface area contributed by atoms with Crippen molar-refractivity contribution >= 4 is 11.9 Å². The van der Waals surface area contributed by atoms with E-state index < -0.39 is 36.8 Å². The lowest BCUT2D eigenvalue weighted by Gasteiger charge is -2.28. The van der Waals surface area contributed by atoms with Gasteiger partial charge in [0.2, 0.25) is 5.92 Å². The molecule has 0 aliphatic rings. The zero-order valence-corrected chi connectivity index (χ0v) is 15.1. The van der Waals surface area contributed by atoms with E-state index in [-0.39, 0.29) is 25.4 Å². The van der Waals surface area contributed by atoms with Crippen molar-refractivity contribution in [2.24, 2.45) is 0 Å². The third-order valence-electron chi connectivity index (χ3n) is 4.43. The fourth-order valence-corrected chi connectivity index (χ4v) is 2.65. The SMILES string of the molecule is CCOC(=O)CCc1cccc(C(C)(CCC(F)(F)CCO)C(=O)O)c1. The zero-order valence-electron chi connectivity index (χ0n) is 15.1. The van der Waals surface area contributed by atoms with Crippen LogP contribution in [0.15, 0.2) is 24.3 Å². The Hall–Kier alpha value is -2.02. The van der Waals surface area contributed by atoms with Crippen LogP contribution in [0, 0.1) is 0 Å². The first-order valence-corrected chi connectivity index (χ1v) is 8.62. The lowest BCUT2D eigenvalue weighted by Crippen LogP contribution is -2.35. The molecular weight excluding hydrogens is 346 g/mol. The number of halogens is 2. The van der Waals surface area contributed by atoms with E-state index in [1.807, 2.05) is 0 Å². The fraction of sp³-hybridized carbons (Fsp3) is 0.579. The van der Waals surface area contributed by atoms with Gasteiger partial charge in [-0.2, -0.15) is 0 Å². The number of benzene rings is 1. The Bertz CT molecular complexity index is 618. The number of alkyl halides is 2. The van der Waals surface area contributed by atoms with Crippen molar-refractivity contribution < 1.29 is 33.3 Å². The van der Waals surface area contributed by atoms with Crippen LogP contribution in [0.5, 0.6) is 0 Å². The van der Waals surface area contributed by atoms with E-state index in [1.54, 1.807) is 31.2 Å². The summed E-state index contributed by atoms with van der Waals surface area (Å²) in [6, 6.07) is 6.64. The largest absolute Gasteiger partial charge is 0.481 e. The summed E-state index contributed by atoms with van der Waals surface area (Å²) in [5.74, 6) is -4.66. The van der Waals surface area contributed by atoms with Crippen LogP contribution in [0.25, 0.3) is 0 Å². The molecule has 1 aromatic carbocycles. The second-order valence-electron chi connectivity index (χ2n) is 6.47. The molecule has 146 valence electrons. The number of aryl methyl sites for hydroxylation is 1. The average molecular weight is 372 g/mol. The minimum atomic E-state index is -3.12. The molecule has 1 rings (SSSR count). The summed E-state index contributed by atoms with van der Waals surface area (Å²) in [5.41, 5.74) is -0.338. The maximum atomic E-state index is 13.7. The molecule has 0 fully saturated rings. The maximum Gasteiger partial charge on any atom is 0.313 e. The standard InChI is InChI=1S/C19H26F2O5/c1-3-26-16(23)8-7-14-5-4-6-15(13-14)18(2,17(24)25)9-10-19(20,21)11-12-22/h4-6,13,22H,3,7-12H2,1-2H3,(H,24,25). The molecule has 0 saturated heterocycles. The van der Waals surface area contributed by atoms with Crippen molar-refractivity contribution in [1.82, 2.24) is 0 Å². The van der Waals surface area contributed by atoms with Gasteiger partial charge >= 0.3 is 11.9 Å². The molecule has 7 heteroatoms. The number of hydrogen-bond acceptors (Lipinski definition) is 4. The van der Waals surface area contributed by atoms with E-state index >= 15 is 0 Å². The van der Waals surface area contributed by atoms with Gasteiger partial charge in [0, 0.05) is 25.9 Å². The van der Waals surface area contributed by atoms with Gasteiger partial charge in [-0.15, -0.1) is 0 Å². The molecule has 0 saturated carbocycles. The Morgan fingerprint density at radius 3 is 2.46 bits per heavy atom. The van der Waals surface area contributed by atoms with Crippen LogP contribution < -0.4 is 0 Å². The summed E-state index contributed by atoms with van der Waals surface area (Å²) >= 11 is 0. The van der Waals surface area contributed by atoms with Crippen LogP contribution in [0.4, 0.5) is 8.78 Å². The number of aliphatic carboxylic acids is 1. The first-order valence-electron chi connectivity index (χ1n) is 8.62. The summed E-state index contributed by atoms with van der Waals surface area (Å²) in [7, 11) is 0. The molecule has 26 heavy (non-hydrogen) atoms. The number of ether oxygens (including phenoxy) is 1. The minimum Gasteiger partial charge on any atom is -0.481 e. The van der Waals surface area contributed by atoms with E-state index in [4.69, 9.17) is 9.84 Å². The molecule has 1 aromatic rings. The number of aliphatic hydroxyl groups excluding tert-OH is 1. The molecule has 0 aromatic heterocycles. The Morgan fingerprint density at radius 2 is 1.88 bits per heavy atom. The van der Waals surface area contributed by atoms with Crippen molar-refractivity contribution in [3.63, 3.8) is 0 Å². The lowest BCUT2D eigenvalue weighted by atomic mass is 9.77. The number of hydrogen-bond donors (Lipinski definition) is 2. The summed E-state index contributed by atoms with van der Waals surface area (Å²) < 4.78 is 32.2. The van der Waals surface area contributed by atoms with Crippen LogP contribution in [-0.4, -0.2) is 41.3 Å². The van der Waals surface area contributed by atoms with E-state index in [1.165, 1.54) is 6.92 Å². The molecule has 0 aliphatic carbocycles.